The summed E-state index contributed by atoms with van der Waals surface area (Å²) in [5, 5.41) is 3.36. The lowest BCUT2D eigenvalue weighted by Crippen LogP contribution is -2.36. The molecule has 1 N–H and O–H groups in total. The van der Waals surface area contributed by atoms with E-state index in [-0.39, 0.29) is 24.0 Å². The van der Waals surface area contributed by atoms with Gasteiger partial charge in [-0.1, -0.05) is 36.9 Å². The molecule has 0 fully saturated rings. The average molecular weight is 357 g/mol. The molecule has 1 aromatic carbocycles. The fourth-order valence-corrected chi connectivity index (χ4v) is 1.86. The van der Waals surface area contributed by atoms with Crippen LogP contribution in [0.3, 0.4) is 0 Å². The van der Waals surface area contributed by atoms with Crippen LogP contribution in [0.4, 0.5) is 0 Å². The van der Waals surface area contributed by atoms with Gasteiger partial charge in [-0.2, -0.15) is 0 Å². The zero-order valence-corrected chi connectivity index (χ0v) is 13.1. The molecule has 0 spiro atoms. The number of rotatable bonds is 4. The second kappa shape index (κ2) is 7.41. The molecular formula is C14H20IN3. The van der Waals surface area contributed by atoms with Gasteiger partial charge in [0, 0.05) is 20.1 Å². The lowest BCUT2D eigenvalue weighted by molar-refractivity contribution is 0.534. The van der Waals surface area contributed by atoms with E-state index in [0.717, 1.165) is 32.0 Å². The standard InChI is InChI=1S/C14H19N3.HI/c1-3-12-4-6-13(7-5-12)8-9-15-14-16-10-11-17(14)2;/h3-7H,1,8-11H2,2H3,(H,15,16);1H. The average Bonchev–Trinajstić information content (AvgIpc) is 2.76. The van der Waals surface area contributed by atoms with E-state index in [1.165, 1.54) is 11.1 Å². The highest BCUT2D eigenvalue weighted by molar-refractivity contribution is 14.0. The Labute approximate surface area is 126 Å². The van der Waals surface area contributed by atoms with E-state index >= 15 is 0 Å². The summed E-state index contributed by atoms with van der Waals surface area (Å²) in [5.74, 6) is 1.02. The Hall–Kier alpha value is -1.04. The van der Waals surface area contributed by atoms with E-state index < -0.39 is 0 Å². The molecule has 0 aliphatic carbocycles. The van der Waals surface area contributed by atoms with Crippen molar-refractivity contribution < 1.29 is 0 Å². The van der Waals surface area contributed by atoms with E-state index in [9.17, 15) is 0 Å². The summed E-state index contributed by atoms with van der Waals surface area (Å²) in [4.78, 5) is 6.55. The number of aliphatic imine (C=N–C) groups is 1. The molecule has 0 atom stereocenters. The quantitative estimate of drug-likeness (QED) is 0.838. The number of hydrogen-bond donors (Lipinski definition) is 1. The molecule has 98 valence electrons. The minimum atomic E-state index is 0. The van der Waals surface area contributed by atoms with Gasteiger partial charge in [-0.3, -0.25) is 4.99 Å². The molecule has 1 heterocycles. The first-order valence-corrected chi connectivity index (χ1v) is 6.00. The second-order valence-corrected chi connectivity index (χ2v) is 4.25. The number of guanidine groups is 1. The molecule has 0 bridgehead atoms. The summed E-state index contributed by atoms with van der Waals surface area (Å²) in [7, 11) is 2.07. The summed E-state index contributed by atoms with van der Waals surface area (Å²) < 4.78 is 0. The number of nitrogens with zero attached hydrogens (tertiary/aromatic N) is 2. The summed E-state index contributed by atoms with van der Waals surface area (Å²) in [6.07, 6.45) is 2.88. The normalized spacial score (nSPS) is 13.8. The predicted molar refractivity (Wildman–Crippen MR) is 88.6 cm³/mol. The second-order valence-electron chi connectivity index (χ2n) is 4.25. The highest BCUT2D eigenvalue weighted by atomic mass is 127. The van der Waals surface area contributed by atoms with Gasteiger partial charge in [-0.05, 0) is 17.5 Å². The topological polar surface area (TPSA) is 27.6 Å². The number of benzene rings is 1. The van der Waals surface area contributed by atoms with E-state index in [4.69, 9.17) is 0 Å². The third-order valence-electron chi connectivity index (χ3n) is 2.97. The number of nitrogens with one attached hydrogen (secondary N) is 1. The van der Waals surface area contributed by atoms with Crippen molar-refractivity contribution in [3.63, 3.8) is 0 Å². The molecule has 4 heteroatoms. The molecule has 1 aliphatic heterocycles. The van der Waals surface area contributed by atoms with E-state index in [1.807, 2.05) is 6.08 Å². The third-order valence-corrected chi connectivity index (χ3v) is 2.97. The molecule has 0 radical (unpaired) electrons. The number of likely N-dealkylation sites (N-methyl/N-ethyl adjacent to an activating group) is 1. The van der Waals surface area contributed by atoms with Gasteiger partial charge in [0.25, 0.3) is 0 Å². The van der Waals surface area contributed by atoms with E-state index in [1.54, 1.807) is 0 Å². The smallest absolute Gasteiger partial charge is 0.193 e. The Balaban J connectivity index is 0.00000162. The van der Waals surface area contributed by atoms with Gasteiger partial charge in [0.2, 0.25) is 0 Å². The van der Waals surface area contributed by atoms with Gasteiger partial charge in [-0.15, -0.1) is 24.0 Å². The van der Waals surface area contributed by atoms with Crippen molar-refractivity contribution in [3.05, 3.63) is 42.0 Å². The Bertz CT molecular complexity index is 412. The van der Waals surface area contributed by atoms with Crippen LogP contribution >= 0.6 is 24.0 Å². The zero-order valence-electron chi connectivity index (χ0n) is 10.7. The molecule has 0 amide bonds. The first-order chi connectivity index (χ1) is 8.29. The van der Waals surface area contributed by atoms with Crippen molar-refractivity contribution in [2.24, 2.45) is 4.99 Å². The summed E-state index contributed by atoms with van der Waals surface area (Å²) in [6.45, 7) is 6.61. The number of halogens is 1. The molecule has 2 rings (SSSR count). The molecule has 1 aliphatic rings. The van der Waals surface area contributed by atoms with Crippen molar-refractivity contribution in [2.75, 3.05) is 26.7 Å². The van der Waals surface area contributed by atoms with Gasteiger partial charge in [0.05, 0.1) is 6.54 Å². The molecule has 18 heavy (non-hydrogen) atoms. The molecular weight excluding hydrogens is 337 g/mol. The van der Waals surface area contributed by atoms with Gasteiger partial charge in [0.15, 0.2) is 5.96 Å². The van der Waals surface area contributed by atoms with Crippen LogP contribution in [-0.4, -0.2) is 37.5 Å². The minimum Gasteiger partial charge on any atom is -0.356 e. The summed E-state index contributed by atoms with van der Waals surface area (Å²) in [5.41, 5.74) is 2.51. The SMILES string of the molecule is C=Cc1ccc(CCNC2=NCCN2C)cc1.I. The van der Waals surface area contributed by atoms with Crippen LogP contribution < -0.4 is 5.32 Å². The predicted octanol–water partition coefficient (Wildman–Crippen LogP) is 2.38. The van der Waals surface area contributed by atoms with Crippen LogP contribution in [0.25, 0.3) is 6.08 Å². The van der Waals surface area contributed by atoms with Crippen LogP contribution in [0, 0.1) is 0 Å². The molecule has 0 saturated carbocycles. The Kier molecular flexibility index (Phi) is 6.18. The van der Waals surface area contributed by atoms with Crippen LogP contribution in [0.2, 0.25) is 0 Å². The maximum atomic E-state index is 4.39. The van der Waals surface area contributed by atoms with Gasteiger partial charge >= 0.3 is 0 Å². The number of hydrogen-bond acceptors (Lipinski definition) is 3. The van der Waals surface area contributed by atoms with Crippen molar-refractivity contribution in [2.45, 2.75) is 6.42 Å². The van der Waals surface area contributed by atoms with Gasteiger partial charge in [0.1, 0.15) is 0 Å². The summed E-state index contributed by atoms with van der Waals surface area (Å²) in [6, 6.07) is 8.50. The molecule has 0 aromatic heterocycles. The Morgan fingerprint density at radius 1 is 1.39 bits per heavy atom. The van der Waals surface area contributed by atoms with Crippen LogP contribution in [0.15, 0.2) is 35.8 Å². The van der Waals surface area contributed by atoms with Crippen LogP contribution in [-0.2, 0) is 6.42 Å². The fourth-order valence-electron chi connectivity index (χ4n) is 1.86. The van der Waals surface area contributed by atoms with Crippen LogP contribution in [0.1, 0.15) is 11.1 Å². The monoisotopic (exact) mass is 357 g/mol. The van der Waals surface area contributed by atoms with E-state index in [0.29, 0.717) is 0 Å². The fraction of sp³-hybridized carbons (Fsp3) is 0.357. The lowest BCUT2D eigenvalue weighted by atomic mass is 10.1. The van der Waals surface area contributed by atoms with Crippen molar-refractivity contribution in [3.8, 4) is 0 Å². The largest absolute Gasteiger partial charge is 0.356 e. The summed E-state index contributed by atoms with van der Waals surface area (Å²) >= 11 is 0. The minimum absolute atomic E-state index is 0. The lowest BCUT2D eigenvalue weighted by Gasteiger charge is -2.15. The van der Waals surface area contributed by atoms with Gasteiger partial charge < -0.3 is 10.2 Å². The first-order valence-electron chi connectivity index (χ1n) is 6.00. The first kappa shape index (κ1) is 15.0. The Morgan fingerprint density at radius 3 is 2.67 bits per heavy atom. The molecule has 0 unspecified atom stereocenters. The zero-order chi connectivity index (χ0) is 12.1. The molecule has 0 saturated heterocycles. The van der Waals surface area contributed by atoms with Gasteiger partial charge in [-0.25, -0.2) is 0 Å². The van der Waals surface area contributed by atoms with Crippen molar-refractivity contribution in [1.29, 1.82) is 0 Å². The third kappa shape index (κ3) is 4.01. The van der Waals surface area contributed by atoms with Crippen molar-refractivity contribution >= 4 is 36.0 Å². The van der Waals surface area contributed by atoms with E-state index in [2.05, 4.69) is 53.1 Å². The Morgan fingerprint density at radius 2 is 2.11 bits per heavy atom. The highest BCUT2D eigenvalue weighted by Crippen LogP contribution is 2.05. The van der Waals surface area contributed by atoms with Crippen LogP contribution in [0.5, 0.6) is 0 Å². The molecule has 1 aromatic rings. The maximum Gasteiger partial charge on any atom is 0.193 e. The molecule has 3 nitrogen and oxygen atoms in total. The van der Waals surface area contributed by atoms with Crippen molar-refractivity contribution in [1.82, 2.24) is 10.2 Å². The highest BCUT2D eigenvalue weighted by Gasteiger charge is 2.10. The maximum absolute atomic E-state index is 4.39.